The van der Waals surface area contributed by atoms with Gasteiger partial charge in [-0.2, -0.15) is 5.10 Å². The van der Waals surface area contributed by atoms with Gasteiger partial charge in [0.2, 0.25) is 5.76 Å². The molecule has 2 saturated carbocycles. The van der Waals surface area contributed by atoms with E-state index >= 15 is 0 Å². The second-order valence-electron chi connectivity index (χ2n) is 7.50. The summed E-state index contributed by atoms with van der Waals surface area (Å²) in [4.78, 5) is 19.3. The first-order chi connectivity index (χ1) is 11.7. The minimum atomic E-state index is -0.0642. The molecule has 2 aromatic heterocycles. The molecule has 24 heavy (non-hydrogen) atoms. The van der Waals surface area contributed by atoms with Crippen LogP contribution >= 0.6 is 0 Å². The van der Waals surface area contributed by atoms with E-state index in [1.807, 2.05) is 11.8 Å². The second kappa shape index (κ2) is 5.16. The van der Waals surface area contributed by atoms with E-state index in [-0.39, 0.29) is 11.8 Å². The number of hydrogen-bond donors (Lipinski definition) is 1. The van der Waals surface area contributed by atoms with Crippen LogP contribution in [0.5, 0.6) is 0 Å². The van der Waals surface area contributed by atoms with Crippen LogP contribution in [-0.4, -0.2) is 44.2 Å². The molecule has 2 aliphatic carbocycles. The van der Waals surface area contributed by atoms with Crippen LogP contribution in [0.4, 0.5) is 0 Å². The molecule has 1 aliphatic heterocycles. The minimum Gasteiger partial charge on any atom is -0.351 e. The molecule has 0 spiro atoms. The molecule has 126 valence electrons. The number of nitrogens with one attached hydrogen (secondary N) is 1. The average molecular weight is 327 g/mol. The normalized spacial score (nSPS) is 27.0. The lowest BCUT2D eigenvalue weighted by Gasteiger charge is -2.14. The monoisotopic (exact) mass is 327 g/mol. The van der Waals surface area contributed by atoms with Crippen LogP contribution in [0.1, 0.15) is 65.4 Å². The van der Waals surface area contributed by atoms with E-state index in [1.165, 1.54) is 25.7 Å². The lowest BCUT2D eigenvalue weighted by molar-refractivity contribution is 0.0743. The lowest BCUT2D eigenvalue weighted by atomic mass is 9.91. The zero-order chi connectivity index (χ0) is 16.3. The standard InChI is InChI=1S/C17H21N5O2/c1-9-6-14(24-21-9)17(23)22-7-12(10-2-3-10)13(8-22)16-18-15(19-20-16)11-4-5-11/h6,10-13H,2-5,7-8H2,1H3,(H,18,19,20)/t12-,13+/m1/s1. The van der Waals surface area contributed by atoms with Crippen molar-refractivity contribution in [3.8, 4) is 0 Å². The van der Waals surface area contributed by atoms with Crippen molar-refractivity contribution >= 4 is 5.91 Å². The molecular weight excluding hydrogens is 306 g/mol. The Morgan fingerprint density at radius 3 is 2.79 bits per heavy atom. The highest BCUT2D eigenvalue weighted by Gasteiger charge is 2.46. The number of carbonyl (C=O) groups excluding carboxylic acids is 1. The molecule has 1 saturated heterocycles. The summed E-state index contributed by atoms with van der Waals surface area (Å²) < 4.78 is 5.16. The predicted molar refractivity (Wildman–Crippen MR) is 84.5 cm³/mol. The summed E-state index contributed by atoms with van der Waals surface area (Å²) >= 11 is 0. The fourth-order valence-corrected chi connectivity index (χ4v) is 3.88. The summed E-state index contributed by atoms with van der Waals surface area (Å²) in [6.45, 7) is 3.28. The molecule has 0 radical (unpaired) electrons. The van der Waals surface area contributed by atoms with Crippen LogP contribution in [-0.2, 0) is 0 Å². The van der Waals surface area contributed by atoms with Gasteiger partial charge in [-0.3, -0.25) is 9.89 Å². The number of nitrogens with zero attached hydrogens (tertiary/aromatic N) is 4. The first-order valence-electron chi connectivity index (χ1n) is 8.84. The van der Waals surface area contributed by atoms with Gasteiger partial charge in [0.1, 0.15) is 5.82 Å². The Hall–Kier alpha value is -2.18. The fraction of sp³-hybridized carbons (Fsp3) is 0.647. The zero-order valence-electron chi connectivity index (χ0n) is 13.7. The third kappa shape index (κ3) is 2.42. The molecule has 1 amide bonds. The van der Waals surface area contributed by atoms with Crippen LogP contribution in [0.2, 0.25) is 0 Å². The summed E-state index contributed by atoms with van der Waals surface area (Å²) in [5.41, 5.74) is 0.733. The third-order valence-electron chi connectivity index (χ3n) is 5.53. The number of H-pyrrole nitrogens is 1. The van der Waals surface area contributed by atoms with Crippen LogP contribution < -0.4 is 0 Å². The molecule has 3 heterocycles. The number of carbonyl (C=O) groups is 1. The minimum absolute atomic E-state index is 0.0642. The molecule has 2 aromatic rings. The highest BCUT2D eigenvalue weighted by molar-refractivity contribution is 5.91. The number of rotatable bonds is 4. The van der Waals surface area contributed by atoms with Gasteiger partial charge in [0.15, 0.2) is 5.82 Å². The molecule has 3 aliphatic rings. The Morgan fingerprint density at radius 2 is 2.12 bits per heavy atom. The van der Waals surface area contributed by atoms with Crippen molar-refractivity contribution in [3.63, 3.8) is 0 Å². The number of likely N-dealkylation sites (tertiary alicyclic amines) is 1. The molecule has 0 unspecified atom stereocenters. The van der Waals surface area contributed by atoms with Crippen LogP contribution in [0.25, 0.3) is 0 Å². The SMILES string of the molecule is Cc1cc(C(=O)N2C[C@H](c3nc(C4CC4)n[nH]3)[C@@H](C3CC3)C2)on1. The van der Waals surface area contributed by atoms with Crippen molar-refractivity contribution in [2.75, 3.05) is 13.1 Å². The highest BCUT2D eigenvalue weighted by atomic mass is 16.5. The highest BCUT2D eigenvalue weighted by Crippen LogP contribution is 2.47. The van der Waals surface area contributed by atoms with E-state index in [9.17, 15) is 4.79 Å². The molecule has 3 fully saturated rings. The van der Waals surface area contributed by atoms with Crippen molar-refractivity contribution in [2.45, 2.75) is 44.4 Å². The van der Waals surface area contributed by atoms with Gasteiger partial charge in [0, 0.05) is 31.0 Å². The lowest BCUT2D eigenvalue weighted by Crippen LogP contribution is -2.28. The van der Waals surface area contributed by atoms with Gasteiger partial charge in [0.25, 0.3) is 5.91 Å². The molecule has 5 rings (SSSR count). The first kappa shape index (κ1) is 14.2. The van der Waals surface area contributed by atoms with Gasteiger partial charge in [-0.05, 0) is 44.4 Å². The smallest absolute Gasteiger partial charge is 0.292 e. The topological polar surface area (TPSA) is 87.9 Å². The second-order valence-corrected chi connectivity index (χ2v) is 7.50. The summed E-state index contributed by atoms with van der Waals surface area (Å²) in [6, 6.07) is 1.71. The van der Waals surface area contributed by atoms with E-state index in [1.54, 1.807) is 6.07 Å². The van der Waals surface area contributed by atoms with Gasteiger partial charge >= 0.3 is 0 Å². The van der Waals surface area contributed by atoms with Crippen LogP contribution in [0, 0.1) is 18.8 Å². The maximum absolute atomic E-state index is 12.7. The Labute approximate surface area is 139 Å². The molecule has 2 atom stereocenters. The molecule has 7 nitrogen and oxygen atoms in total. The Morgan fingerprint density at radius 1 is 1.29 bits per heavy atom. The van der Waals surface area contributed by atoms with Gasteiger partial charge in [-0.25, -0.2) is 4.98 Å². The average Bonchev–Trinajstić information content (AvgIpc) is 3.47. The van der Waals surface area contributed by atoms with Crippen molar-refractivity contribution in [3.05, 3.63) is 29.2 Å². The number of hydrogen-bond acceptors (Lipinski definition) is 5. The van der Waals surface area contributed by atoms with Crippen molar-refractivity contribution in [2.24, 2.45) is 11.8 Å². The maximum atomic E-state index is 12.7. The van der Waals surface area contributed by atoms with Crippen LogP contribution in [0.15, 0.2) is 10.6 Å². The molecule has 7 heteroatoms. The maximum Gasteiger partial charge on any atom is 0.292 e. The Balaban J connectivity index is 1.38. The molecule has 1 N–H and O–H groups in total. The van der Waals surface area contributed by atoms with Crippen LogP contribution in [0.3, 0.4) is 0 Å². The summed E-state index contributed by atoms with van der Waals surface area (Å²) in [7, 11) is 0. The van der Waals surface area contributed by atoms with E-state index in [0.29, 0.717) is 30.1 Å². The largest absolute Gasteiger partial charge is 0.351 e. The number of aromatic nitrogens is 4. The quantitative estimate of drug-likeness (QED) is 0.930. The van der Waals surface area contributed by atoms with Crippen molar-refractivity contribution in [1.29, 1.82) is 0 Å². The number of aromatic amines is 1. The zero-order valence-corrected chi connectivity index (χ0v) is 13.7. The number of aryl methyl sites for hydroxylation is 1. The summed E-state index contributed by atoms with van der Waals surface area (Å²) in [5, 5.41) is 11.4. The van der Waals surface area contributed by atoms with E-state index < -0.39 is 0 Å². The summed E-state index contributed by atoms with van der Waals surface area (Å²) in [5.74, 6) is 4.16. The molecule has 0 bridgehead atoms. The predicted octanol–water partition coefficient (Wildman–Crippen LogP) is 2.24. The van der Waals surface area contributed by atoms with E-state index in [4.69, 9.17) is 9.51 Å². The third-order valence-corrected chi connectivity index (χ3v) is 5.53. The van der Waals surface area contributed by atoms with E-state index in [2.05, 4.69) is 15.4 Å². The van der Waals surface area contributed by atoms with Crippen molar-refractivity contribution in [1.82, 2.24) is 25.2 Å². The molecule has 0 aromatic carbocycles. The Bertz CT molecular complexity index is 774. The first-order valence-corrected chi connectivity index (χ1v) is 8.84. The van der Waals surface area contributed by atoms with Crippen molar-refractivity contribution < 1.29 is 9.32 Å². The molecular formula is C17H21N5O2. The van der Waals surface area contributed by atoms with E-state index in [0.717, 1.165) is 23.9 Å². The van der Waals surface area contributed by atoms with Gasteiger partial charge in [-0.15, -0.1) is 0 Å². The Kier molecular flexibility index (Phi) is 3.05. The van der Waals surface area contributed by atoms with Gasteiger partial charge in [0.05, 0.1) is 5.69 Å². The van der Waals surface area contributed by atoms with Gasteiger partial charge in [-0.1, -0.05) is 5.16 Å². The number of amides is 1. The fourth-order valence-electron chi connectivity index (χ4n) is 3.88. The van der Waals surface area contributed by atoms with Gasteiger partial charge < -0.3 is 9.42 Å². The summed E-state index contributed by atoms with van der Waals surface area (Å²) in [6.07, 6.45) is 4.91.